The van der Waals surface area contributed by atoms with Crippen molar-refractivity contribution in [2.75, 3.05) is 20.1 Å². The minimum atomic E-state index is -4.81. The Balaban J connectivity index is 1.21. The second-order valence-corrected chi connectivity index (χ2v) is 12.9. The van der Waals surface area contributed by atoms with Crippen LogP contribution in [0.1, 0.15) is 49.3 Å². The normalized spacial score (nSPS) is 33.3. The third-order valence-electron chi connectivity index (χ3n) is 10.4. The molecule has 0 unspecified atom stereocenters. The van der Waals surface area contributed by atoms with Gasteiger partial charge in [-0.05, 0) is 85.9 Å². The first-order valence-corrected chi connectivity index (χ1v) is 14.7. The Labute approximate surface area is 242 Å². The first-order chi connectivity index (χ1) is 19.9. The van der Waals surface area contributed by atoms with Crippen LogP contribution in [-0.2, 0) is 16.6 Å². The van der Waals surface area contributed by atoms with E-state index in [4.69, 9.17) is 4.74 Å². The summed E-state index contributed by atoms with van der Waals surface area (Å²) in [6.45, 7) is 3.82. The highest BCUT2D eigenvalue weighted by atomic mass is 19.4. The maximum Gasteiger partial charge on any atom is 0.573 e. The molecule has 1 saturated heterocycles. The topological polar surface area (TPSA) is 82.5 Å². The predicted molar refractivity (Wildman–Crippen MR) is 148 cm³/mol. The van der Waals surface area contributed by atoms with Gasteiger partial charge >= 0.3 is 6.36 Å². The van der Waals surface area contributed by atoms with Gasteiger partial charge in [0.05, 0.1) is 17.1 Å². The summed E-state index contributed by atoms with van der Waals surface area (Å²) in [5.74, 6) is 0.318. The van der Waals surface area contributed by atoms with Crippen LogP contribution in [0.15, 0.2) is 42.5 Å². The fourth-order valence-electron chi connectivity index (χ4n) is 8.56. The Kier molecular flexibility index (Phi) is 6.16. The average molecular weight is 585 g/mol. The molecule has 2 heterocycles. The lowest BCUT2D eigenvalue weighted by Crippen LogP contribution is -2.79. The number of benzene rings is 2. The molecule has 1 spiro atoms. The highest BCUT2D eigenvalue weighted by Crippen LogP contribution is 2.66. The molecule has 7 nitrogen and oxygen atoms in total. The lowest BCUT2D eigenvalue weighted by molar-refractivity contribution is -0.274. The van der Waals surface area contributed by atoms with Crippen LogP contribution in [0, 0.1) is 11.8 Å². The molecular weight excluding hydrogens is 549 g/mol. The zero-order valence-corrected chi connectivity index (χ0v) is 23.6. The van der Waals surface area contributed by atoms with Crippen LogP contribution in [0.3, 0.4) is 0 Å². The second-order valence-electron chi connectivity index (χ2n) is 12.9. The van der Waals surface area contributed by atoms with E-state index < -0.39 is 29.5 Å². The van der Waals surface area contributed by atoms with Crippen molar-refractivity contribution in [1.29, 1.82) is 0 Å². The van der Waals surface area contributed by atoms with E-state index in [0.29, 0.717) is 36.5 Å². The number of hydrogen-bond acceptors (Lipinski definition) is 6. The molecule has 224 valence electrons. The van der Waals surface area contributed by atoms with E-state index in [9.17, 15) is 28.2 Å². The van der Waals surface area contributed by atoms with Gasteiger partial charge in [-0.1, -0.05) is 25.1 Å². The molecule has 2 saturated carbocycles. The van der Waals surface area contributed by atoms with Crippen molar-refractivity contribution >= 4 is 12.0 Å². The molecule has 2 N–H and O–H groups in total. The molecule has 1 amide bonds. The quantitative estimate of drug-likeness (QED) is 0.482. The molecule has 3 fully saturated rings. The molecule has 2 aromatic rings. The monoisotopic (exact) mass is 584 g/mol. The number of nitrogens with zero attached hydrogens (tertiary/aromatic N) is 2. The first-order valence-electron chi connectivity index (χ1n) is 14.7. The van der Waals surface area contributed by atoms with Gasteiger partial charge < -0.3 is 24.6 Å². The predicted octanol–water partition coefficient (Wildman–Crippen LogP) is 4.64. The van der Waals surface area contributed by atoms with Crippen molar-refractivity contribution in [2.24, 2.45) is 11.8 Å². The van der Waals surface area contributed by atoms with E-state index in [1.165, 1.54) is 43.2 Å². The van der Waals surface area contributed by atoms with Crippen molar-refractivity contribution in [2.45, 2.75) is 74.6 Å². The van der Waals surface area contributed by atoms with Crippen LogP contribution in [0.2, 0.25) is 0 Å². The van der Waals surface area contributed by atoms with Crippen LogP contribution in [0.25, 0.3) is 6.08 Å². The van der Waals surface area contributed by atoms with Gasteiger partial charge in [0, 0.05) is 31.3 Å². The zero-order valence-electron chi connectivity index (χ0n) is 23.6. The number of hydrogen-bond donors (Lipinski definition) is 2. The number of piperidine rings is 1. The highest BCUT2D eigenvalue weighted by molar-refractivity contribution is 5.92. The van der Waals surface area contributed by atoms with Gasteiger partial charge in [0.1, 0.15) is 11.9 Å². The largest absolute Gasteiger partial charge is 0.573 e. The van der Waals surface area contributed by atoms with Crippen molar-refractivity contribution in [3.8, 4) is 17.2 Å². The van der Waals surface area contributed by atoms with E-state index >= 15 is 0 Å². The second kappa shape index (κ2) is 9.38. The van der Waals surface area contributed by atoms with E-state index in [0.717, 1.165) is 24.2 Å². The van der Waals surface area contributed by atoms with Gasteiger partial charge in [0.15, 0.2) is 11.5 Å². The summed E-state index contributed by atoms with van der Waals surface area (Å²) in [6, 6.07) is 8.59. The van der Waals surface area contributed by atoms with Gasteiger partial charge in [-0.15, -0.1) is 13.2 Å². The lowest BCUT2D eigenvalue weighted by atomic mass is 9.46. The molecule has 0 aromatic heterocycles. The lowest BCUT2D eigenvalue weighted by Gasteiger charge is -2.66. The van der Waals surface area contributed by atoms with Gasteiger partial charge in [0.2, 0.25) is 5.91 Å². The highest BCUT2D eigenvalue weighted by Gasteiger charge is 2.74. The number of halogens is 3. The molecule has 6 atom stereocenters. The summed E-state index contributed by atoms with van der Waals surface area (Å²) in [4.78, 5) is 17.6. The third-order valence-corrected chi connectivity index (χ3v) is 10.4. The zero-order chi connectivity index (χ0) is 29.6. The summed E-state index contributed by atoms with van der Waals surface area (Å²) >= 11 is 0. The van der Waals surface area contributed by atoms with Gasteiger partial charge in [-0.2, -0.15) is 0 Å². The molecule has 42 heavy (non-hydrogen) atoms. The third kappa shape index (κ3) is 4.12. The Morgan fingerprint density at radius 1 is 1.26 bits per heavy atom. The first kappa shape index (κ1) is 27.6. The number of carbonyl (C=O) groups is 1. The number of amides is 1. The van der Waals surface area contributed by atoms with Crippen molar-refractivity contribution in [1.82, 2.24) is 9.80 Å². The van der Waals surface area contributed by atoms with Crippen LogP contribution in [0.4, 0.5) is 13.2 Å². The summed E-state index contributed by atoms with van der Waals surface area (Å²) in [6.07, 6.45) is 1.72. The number of phenolic OH excluding ortho intramolecular Hbond substituents is 1. The molecule has 5 aliphatic rings. The Hall–Kier alpha value is -3.24. The number of phenols is 1. The smallest absolute Gasteiger partial charge is 0.504 e. The minimum absolute atomic E-state index is 0.0416. The van der Waals surface area contributed by atoms with E-state index in [2.05, 4.69) is 9.64 Å². The molecule has 2 bridgehead atoms. The van der Waals surface area contributed by atoms with Crippen LogP contribution in [-0.4, -0.2) is 76.2 Å². The summed E-state index contributed by atoms with van der Waals surface area (Å²) < 4.78 is 48.6. The van der Waals surface area contributed by atoms with Gasteiger partial charge in [-0.3, -0.25) is 9.69 Å². The van der Waals surface area contributed by atoms with E-state index in [1.54, 1.807) is 24.1 Å². The number of rotatable bonds is 6. The van der Waals surface area contributed by atoms with Gasteiger partial charge in [-0.25, -0.2) is 0 Å². The summed E-state index contributed by atoms with van der Waals surface area (Å²) in [7, 11) is 1.70. The van der Waals surface area contributed by atoms with Crippen LogP contribution >= 0.6 is 0 Å². The maximum absolute atomic E-state index is 13.5. The minimum Gasteiger partial charge on any atom is -0.504 e. The molecular formula is C32H35F3N2O5. The van der Waals surface area contributed by atoms with Crippen LogP contribution in [0.5, 0.6) is 17.2 Å². The summed E-state index contributed by atoms with van der Waals surface area (Å²) in [5.41, 5.74) is 0.528. The van der Waals surface area contributed by atoms with Crippen molar-refractivity contribution in [3.05, 3.63) is 59.2 Å². The number of likely N-dealkylation sites (tertiary alicyclic amines) is 1. The molecule has 3 aliphatic carbocycles. The molecule has 2 aliphatic heterocycles. The standard InChI is InChI=1S/C32H35F3N2O5/c1-18-16-31(40)24-15-21-9-10-23(38)28-26(21)30(31,12-13-37(24)17-20-6-7-20)29(41-28)27(18)36(2)25(39)11-8-19-4-3-5-22(14-19)42-32(33,34)35/h3-5,8-11,14,18,20,24,27,29,38,40H,6-7,12-13,15-17H2,1-2H3/t18-,24-,27+,29+,30+,31-/m1/s1. The van der Waals surface area contributed by atoms with Crippen molar-refractivity contribution < 1.29 is 37.7 Å². The fraction of sp³-hybridized carbons (Fsp3) is 0.531. The maximum atomic E-state index is 13.5. The van der Waals surface area contributed by atoms with E-state index in [-0.39, 0.29) is 29.4 Å². The molecule has 10 heteroatoms. The number of likely N-dealkylation sites (N-methyl/N-ethyl adjacent to an activating group) is 1. The number of carbonyl (C=O) groups excluding carboxylic acids is 1. The molecule has 7 rings (SSSR count). The SMILES string of the molecule is C[C@@H]1C[C@@]2(O)[C@H]3Cc4ccc(O)c5c4[C@@]2(CCN3CC2CC2)[C@@H](O5)[C@H]1N(C)C(=O)C=Cc1cccc(OC(F)(F)F)c1. The summed E-state index contributed by atoms with van der Waals surface area (Å²) in [5, 5.41) is 23.6. The van der Waals surface area contributed by atoms with Crippen LogP contribution < -0.4 is 9.47 Å². The fourth-order valence-corrected chi connectivity index (χ4v) is 8.56. The average Bonchev–Trinajstić information content (AvgIpc) is 3.66. The number of aliphatic hydroxyl groups is 1. The Bertz CT molecular complexity index is 1460. The molecule has 2 aromatic carbocycles. The Morgan fingerprint density at radius 2 is 2.05 bits per heavy atom. The number of alkyl halides is 3. The van der Waals surface area contributed by atoms with Crippen molar-refractivity contribution in [3.63, 3.8) is 0 Å². The number of aromatic hydroxyl groups is 1. The Morgan fingerprint density at radius 3 is 2.79 bits per heavy atom. The van der Waals surface area contributed by atoms with E-state index in [1.807, 2.05) is 13.0 Å². The molecule has 0 radical (unpaired) electrons. The van der Waals surface area contributed by atoms with Gasteiger partial charge in [0.25, 0.3) is 0 Å². The number of ether oxygens (including phenoxy) is 2.